The Bertz CT molecular complexity index is 989. The number of benzene rings is 1. The van der Waals surface area contributed by atoms with Crippen molar-refractivity contribution < 1.29 is 13.6 Å². The molecule has 3 aromatic rings. The molecule has 1 fully saturated rings. The van der Waals surface area contributed by atoms with E-state index in [9.17, 15) is 4.79 Å². The highest BCUT2D eigenvalue weighted by Crippen LogP contribution is 2.28. The van der Waals surface area contributed by atoms with Crippen LogP contribution in [0, 0.1) is 3.57 Å². The number of furan rings is 2. The minimum Gasteiger partial charge on any atom is -0.450 e. The van der Waals surface area contributed by atoms with Crippen molar-refractivity contribution in [1.82, 2.24) is 5.43 Å². The van der Waals surface area contributed by atoms with E-state index in [2.05, 4.69) is 53.9 Å². The summed E-state index contributed by atoms with van der Waals surface area (Å²) in [5.41, 5.74) is 3.15. The molecule has 1 aliphatic heterocycles. The molecular formula is C18H15BrIN3O3. The first-order valence-electron chi connectivity index (χ1n) is 8.17. The van der Waals surface area contributed by atoms with E-state index in [-0.39, 0.29) is 5.76 Å². The average Bonchev–Trinajstić information content (AvgIpc) is 3.34. The predicted molar refractivity (Wildman–Crippen MR) is 112 cm³/mol. The zero-order valence-corrected chi connectivity index (χ0v) is 17.4. The molecule has 3 heterocycles. The summed E-state index contributed by atoms with van der Waals surface area (Å²) < 4.78 is 13.2. The summed E-state index contributed by atoms with van der Waals surface area (Å²) in [6.07, 6.45) is 3.86. The van der Waals surface area contributed by atoms with Crippen LogP contribution in [0.1, 0.15) is 29.2 Å². The molecule has 6 nitrogen and oxygen atoms in total. The number of hydrogen-bond acceptors (Lipinski definition) is 5. The summed E-state index contributed by atoms with van der Waals surface area (Å²) in [5.74, 6) is 1.24. The molecule has 8 heteroatoms. The average molecular weight is 528 g/mol. The molecule has 0 radical (unpaired) electrons. The smallest absolute Gasteiger partial charge is 0.307 e. The lowest BCUT2D eigenvalue weighted by atomic mass is 10.2. The third-order valence-corrected chi connectivity index (χ3v) is 5.41. The molecule has 26 heavy (non-hydrogen) atoms. The van der Waals surface area contributed by atoms with Gasteiger partial charge in [0.2, 0.25) is 0 Å². The number of hydrogen-bond donors (Lipinski definition) is 1. The lowest BCUT2D eigenvalue weighted by Crippen LogP contribution is -2.17. The maximum atomic E-state index is 12.2. The van der Waals surface area contributed by atoms with Crippen LogP contribution < -0.4 is 10.3 Å². The topological polar surface area (TPSA) is 71.0 Å². The van der Waals surface area contributed by atoms with Gasteiger partial charge in [0.05, 0.1) is 9.78 Å². The van der Waals surface area contributed by atoms with Crippen LogP contribution in [0.2, 0.25) is 0 Å². The fourth-order valence-electron chi connectivity index (χ4n) is 2.92. The first-order valence-corrected chi connectivity index (χ1v) is 10.0. The van der Waals surface area contributed by atoms with Gasteiger partial charge in [0.25, 0.3) is 0 Å². The fourth-order valence-corrected chi connectivity index (χ4v) is 4.58. The van der Waals surface area contributed by atoms with Gasteiger partial charge >= 0.3 is 5.91 Å². The molecule has 134 valence electrons. The van der Waals surface area contributed by atoms with Crippen molar-refractivity contribution in [3.05, 3.63) is 49.9 Å². The Hall–Kier alpha value is -1.81. The zero-order chi connectivity index (χ0) is 18.1. The normalized spacial score (nSPS) is 14.6. The molecule has 4 rings (SSSR count). The summed E-state index contributed by atoms with van der Waals surface area (Å²) in [4.78, 5) is 14.4. The second kappa shape index (κ2) is 7.43. The van der Waals surface area contributed by atoms with Crippen LogP contribution in [0.25, 0.3) is 11.0 Å². The first-order chi connectivity index (χ1) is 12.6. The van der Waals surface area contributed by atoms with Crippen LogP contribution >= 0.6 is 38.5 Å². The van der Waals surface area contributed by atoms with Crippen molar-refractivity contribution in [2.75, 3.05) is 18.0 Å². The SMILES string of the molecule is O=C(N/N=C\c1ccc(N2CCCC2)o1)c1cc2cc(Br)cc(I)c2o1. The van der Waals surface area contributed by atoms with Gasteiger partial charge in [-0.3, -0.25) is 4.79 Å². The zero-order valence-electron chi connectivity index (χ0n) is 13.7. The summed E-state index contributed by atoms with van der Waals surface area (Å²) >= 11 is 5.61. The fraction of sp³-hybridized carbons (Fsp3) is 0.222. The van der Waals surface area contributed by atoms with E-state index in [4.69, 9.17) is 8.83 Å². The highest BCUT2D eigenvalue weighted by Gasteiger charge is 2.16. The predicted octanol–water partition coefficient (Wildman–Crippen LogP) is 4.76. The van der Waals surface area contributed by atoms with Gasteiger partial charge < -0.3 is 13.7 Å². The molecule has 0 aliphatic carbocycles. The highest BCUT2D eigenvalue weighted by molar-refractivity contribution is 14.1. The van der Waals surface area contributed by atoms with Gasteiger partial charge in [-0.1, -0.05) is 15.9 Å². The largest absolute Gasteiger partial charge is 0.450 e. The third kappa shape index (κ3) is 3.66. The Morgan fingerprint density at radius 1 is 1.23 bits per heavy atom. The van der Waals surface area contributed by atoms with E-state index >= 15 is 0 Å². The lowest BCUT2D eigenvalue weighted by Gasteiger charge is -2.12. The third-order valence-electron chi connectivity index (χ3n) is 4.15. The summed E-state index contributed by atoms with van der Waals surface area (Å²) in [5, 5.41) is 4.82. The number of amides is 1. The molecule has 0 spiro atoms. The van der Waals surface area contributed by atoms with Crippen molar-refractivity contribution in [3.63, 3.8) is 0 Å². The number of hydrazone groups is 1. The molecule has 1 saturated heterocycles. The van der Waals surface area contributed by atoms with Crippen LogP contribution in [0.4, 0.5) is 5.88 Å². The Labute approximate surface area is 171 Å². The summed E-state index contributed by atoms with van der Waals surface area (Å²) in [6.45, 7) is 2.03. The Morgan fingerprint density at radius 2 is 2.04 bits per heavy atom. The maximum Gasteiger partial charge on any atom is 0.307 e. The molecule has 0 saturated carbocycles. The number of fused-ring (bicyclic) bond motifs is 1. The molecule has 0 bridgehead atoms. The van der Waals surface area contributed by atoms with Gasteiger partial charge in [-0.15, -0.1) is 0 Å². The van der Waals surface area contributed by atoms with Gasteiger partial charge in [-0.25, -0.2) is 5.43 Å². The molecule has 0 atom stereocenters. The van der Waals surface area contributed by atoms with Gasteiger partial charge in [0.1, 0.15) is 11.3 Å². The minimum absolute atomic E-state index is 0.213. The van der Waals surface area contributed by atoms with E-state index in [0.717, 1.165) is 32.4 Å². The number of nitrogens with zero attached hydrogens (tertiary/aromatic N) is 2. The maximum absolute atomic E-state index is 12.2. The molecule has 1 aliphatic rings. The minimum atomic E-state index is -0.407. The second-order valence-corrected chi connectivity index (χ2v) is 8.06. The van der Waals surface area contributed by atoms with E-state index in [1.165, 1.54) is 19.1 Å². The number of halogens is 2. The van der Waals surface area contributed by atoms with E-state index < -0.39 is 5.91 Å². The van der Waals surface area contributed by atoms with E-state index in [1.807, 2.05) is 24.3 Å². The highest BCUT2D eigenvalue weighted by atomic mass is 127. The van der Waals surface area contributed by atoms with Crippen molar-refractivity contribution in [2.24, 2.45) is 5.10 Å². The van der Waals surface area contributed by atoms with Crippen molar-refractivity contribution >= 4 is 67.5 Å². The summed E-state index contributed by atoms with van der Waals surface area (Å²) in [7, 11) is 0. The van der Waals surface area contributed by atoms with Gasteiger partial charge in [0, 0.05) is 29.0 Å². The Morgan fingerprint density at radius 3 is 2.85 bits per heavy atom. The van der Waals surface area contributed by atoms with Crippen molar-refractivity contribution in [3.8, 4) is 0 Å². The molecule has 1 aromatic carbocycles. The number of anilines is 1. The van der Waals surface area contributed by atoms with Crippen molar-refractivity contribution in [2.45, 2.75) is 12.8 Å². The van der Waals surface area contributed by atoms with Crippen LogP contribution in [-0.4, -0.2) is 25.2 Å². The molecule has 2 aromatic heterocycles. The van der Waals surface area contributed by atoms with Crippen molar-refractivity contribution in [1.29, 1.82) is 0 Å². The Kier molecular flexibility index (Phi) is 5.03. The quantitative estimate of drug-likeness (QED) is 0.302. The second-order valence-electron chi connectivity index (χ2n) is 5.99. The summed E-state index contributed by atoms with van der Waals surface area (Å²) in [6, 6.07) is 9.30. The number of carbonyl (C=O) groups excluding carboxylic acids is 1. The van der Waals surface area contributed by atoms with Gasteiger partial charge in [-0.2, -0.15) is 5.10 Å². The van der Waals surface area contributed by atoms with Crippen LogP contribution in [0.15, 0.2) is 48.7 Å². The van der Waals surface area contributed by atoms with Gasteiger partial charge in [0.15, 0.2) is 11.6 Å². The first kappa shape index (κ1) is 17.6. The monoisotopic (exact) mass is 527 g/mol. The lowest BCUT2D eigenvalue weighted by molar-refractivity contribution is 0.0929. The molecule has 1 amide bonds. The van der Waals surface area contributed by atoms with Crippen LogP contribution in [-0.2, 0) is 0 Å². The van der Waals surface area contributed by atoms with E-state index in [1.54, 1.807) is 6.07 Å². The molecular weight excluding hydrogens is 513 g/mol. The van der Waals surface area contributed by atoms with Crippen LogP contribution in [0.3, 0.4) is 0 Å². The van der Waals surface area contributed by atoms with Gasteiger partial charge in [-0.05, 0) is 59.7 Å². The van der Waals surface area contributed by atoms with E-state index in [0.29, 0.717) is 11.3 Å². The standard InChI is InChI=1S/C18H15BrIN3O3/c19-12-7-11-8-15(26-17(11)14(20)9-12)18(24)22-21-10-13-3-4-16(25-13)23-5-1-2-6-23/h3-4,7-10H,1-2,5-6H2,(H,22,24)/b21-10-. The number of nitrogens with one attached hydrogen (secondary N) is 1. The number of carbonyl (C=O) groups is 1. The molecule has 0 unspecified atom stereocenters. The molecule has 1 N–H and O–H groups in total. The van der Waals surface area contributed by atoms with Crippen LogP contribution in [0.5, 0.6) is 0 Å². The number of rotatable bonds is 4. The Balaban J connectivity index is 1.43.